The average molecular weight is 394 g/mol. The Morgan fingerprint density at radius 1 is 1.03 bits per heavy atom. The molecule has 0 aliphatic carbocycles. The van der Waals surface area contributed by atoms with E-state index in [4.69, 9.17) is 0 Å². The molecule has 2 heterocycles. The molecule has 0 saturated heterocycles. The Hall–Kier alpha value is -2.55. The quantitative estimate of drug-likeness (QED) is 0.511. The predicted molar refractivity (Wildman–Crippen MR) is 129 cm³/mol. The van der Waals surface area contributed by atoms with Crippen LogP contribution >= 0.6 is 0 Å². The molecule has 1 unspecified atom stereocenters. The second-order valence-corrected chi connectivity index (χ2v) is 7.89. The van der Waals surface area contributed by atoms with E-state index in [0.29, 0.717) is 6.17 Å². The van der Waals surface area contributed by atoms with Gasteiger partial charge in [0.25, 0.3) is 0 Å². The van der Waals surface area contributed by atoms with Crippen molar-refractivity contribution >= 4 is 5.69 Å². The molecule has 0 amide bonds. The Morgan fingerprint density at radius 3 is 2.17 bits per heavy atom. The molecule has 0 spiro atoms. The Morgan fingerprint density at radius 2 is 1.69 bits per heavy atom. The number of aromatic nitrogens is 1. The number of anilines is 1. The zero-order valence-electron chi connectivity index (χ0n) is 19.4. The Balaban J connectivity index is 0.000000771. The van der Waals surface area contributed by atoms with Crippen LogP contribution in [0.4, 0.5) is 5.69 Å². The van der Waals surface area contributed by atoms with E-state index in [0.717, 1.165) is 17.7 Å². The van der Waals surface area contributed by atoms with Crippen molar-refractivity contribution in [1.82, 2.24) is 9.88 Å². The average Bonchev–Trinajstić information content (AvgIpc) is 3.08. The third-order valence-electron chi connectivity index (χ3n) is 5.30. The van der Waals surface area contributed by atoms with Gasteiger partial charge in [-0.1, -0.05) is 59.2 Å². The van der Waals surface area contributed by atoms with E-state index in [1.54, 1.807) is 0 Å². The molecule has 1 aliphatic heterocycles. The van der Waals surface area contributed by atoms with Crippen molar-refractivity contribution in [3.8, 4) is 11.3 Å². The fourth-order valence-corrected chi connectivity index (χ4v) is 3.10. The van der Waals surface area contributed by atoms with Crippen LogP contribution in [0.1, 0.15) is 59.9 Å². The maximum Gasteiger partial charge on any atom is 0.102 e. The number of hydrogen-bond donors (Lipinski definition) is 0. The smallest absolute Gasteiger partial charge is 0.102 e. The van der Waals surface area contributed by atoms with Gasteiger partial charge in [0.2, 0.25) is 0 Å². The number of rotatable bonds is 4. The van der Waals surface area contributed by atoms with Gasteiger partial charge in [-0.25, -0.2) is 0 Å². The minimum absolute atomic E-state index is 0.132. The molecule has 0 saturated carbocycles. The van der Waals surface area contributed by atoms with Crippen LogP contribution in [0.2, 0.25) is 0 Å². The summed E-state index contributed by atoms with van der Waals surface area (Å²) in [5.41, 5.74) is 4.97. The van der Waals surface area contributed by atoms with Gasteiger partial charge in [-0.15, -0.1) is 13.2 Å². The molecule has 0 radical (unpaired) electrons. The molecule has 0 fully saturated rings. The van der Waals surface area contributed by atoms with Gasteiger partial charge in [0.15, 0.2) is 0 Å². The molecule has 3 nitrogen and oxygen atoms in total. The molecule has 3 heteroatoms. The van der Waals surface area contributed by atoms with Gasteiger partial charge in [0.05, 0.1) is 5.69 Å². The maximum absolute atomic E-state index is 4.52. The van der Waals surface area contributed by atoms with Crippen LogP contribution in [0.5, 0.6) is 0 Å². The molecule has 0 N–H and O–H groups in total. The number of pyridine rings is 1. The first kappa shape index (κ1) is 24.5. The number of benzene rings is 1. The van der Waals surface area contributed by atoms with Crippen molar-refractivity contribution < 1.29 is 0 Å². The molecule has 29 heavy (non-hydrogen) atoms. The van der Waals surface area contributed by atoms with Crippen LogP contribution in [-0.2, 0) is 5.41 Å². The minimum Gasteiger partial charge on any atom is -0.359 e. The molecule has 158 valence electrons. The topological polar surface area (TPSA) is 19.4 Å². The minimum atomic E-state index is 0.132. The van der Waals surface area contributed by atoms with Crippen molar-refractivity contribution in [3.05, 3.63) is 73.7 Å². The molecule has 0 bridgehead atoms. The standard InChI is InChI=1S/C21H27N3.C3H8.C2H4/c1-6-21(3,4)18-11-10-17(19-9-7-8-12-22-19)15-20(18)24-14-13-23(5)16(24)2;1-3-2;1-2/h7-16H,6H2,1-5H3;3H2,1-2H3;1-2H2. The third kappa shape index (κ3) is 5.96. The summed E-state index contributed by atoms with van der Waals surface area (Å²) in [5, 5.41) is 0. The van der Waals surface area contributed by atoms with E-state index in [-0.39, 0.29) is 5.41 Å². The lowest BCUT2D eigenvalue weighted by Crippen LogP contribution is -2.35. The number of nitrogens with zero attached hydrogens (tertiary/aromatic N) is 3. The van der Waals surface area contributed by atoms with Crippen molar-refractivity contribution in [1.29, 1.82) is 0 Å². The predicted octanol–water partition coefficient (Wildman–Crippen LogP) is 7.22. The van der Waals surface area contributed by atoms with Gasteiger partial charge in [-0.05, 0) is 42.5 Å². The first-order chi connectivity index (χ1) is 13.9. The monoisotopic (exact) mass is 393 g/mol. The van der Waals surface area contributed by atoms with Crippen LogP contribution in [0.25, 0.3) is 11.3 Å². The highest BCUT2D eigenvalue weighted by Gasteiger charge is 2.28. The summed E-state index contributed by atoms with van der Waals surface area (Å²) in [5.74, 6) is 0. The maximum atomic E-state index is 4.52. The first-order valence-electron chi connectivity index (χ1n) is 10.6. The van der Waals surface area contributed by atoms with E-state index < -0.39 is 0 Å². The summed E-state index contributed by atoms with van der Waals surface area (Å²) in [7, 11) is 2.12. The molecule has 3 rings (SSSR count). The summed E-state index contributed by atoms with van der Waals surface area (Å²) < 4.78 is 0. The summed E-state index contributed by atoms with van der Waals surface area (Å²) in [6.07, 6.45) is 8.84. The molecule has 1 atom stereocenters. The van der Waals surface area contributed by atoms with Crippen molar-refractivity contribution in [2.75, 3.05) is 11.9 Å². The van der Waals surface area contributed by atoms with E-state index >= 15 is 0 Å². The van der Waals surface area contributed by atoms with E-state index in [1.165, 1.54) is 17.7 Å². The van der Waals surface area contributed by atoms with E-state index in [9.17, 15) is 0 Å². The first-order valence-corrected chi connectivity index (χ1v) is 10.6. The zero-order valence-corrected chi connectivity index (χ0v) is 19.4. The summed E-state index contributed by atoms with van der Waals surface area (Å²) in [4.78, 5) is 9.11. The highest BCUT2D eigenvalue weighted by atomic mass is 15.4. The van der Waals surface area contributed by atoms with E-state index in [2.05, 4.69) is 113 Å². The van der Waals surface area contributed by atoms with Gasteiger partial charge in [0.1, 0.15) is 6.17 Å². The fraction of sp³-hybridized carbons (Fsp3) is 0.423. The summed E-state index contributed by atoms with van der Waals surface area (Å²) >= 11 is 0. The van der Waals surface area contributed by atoms with Crippen LogP contribution in [0.3, 0.4) is 0 Å². The molecule has 1 aliphatic rings. The van der Waals surface area contributed by atoms with Crippen LogP contribution in [-0.4, -0.2) is 23.1 Å². The summed E-state index contributed by atoms with van der Waals surface area (Å²) in [6, 6.07) is 12.8. The second-order valence-electron chi connectivity index (χ2n) is 7.89. The Kier molecular flexibility index (Phi) is 9.67. The lowest BCUT2D eigenvalue weighted by atomic mass is 9.80. The van der Waals surface area contributed by atoms with E-state index in [1.807, 2.05) is 18.3 Å². The normalized spacial score (nSPS) is 15.3. The zero-order chi connectivity index (χ0) is 22.0. The van der Waals surface area contributed by atoms with Crippen molar-refractivity contribution in [3.63, 3.8) is 0 Å². The molecule has 1 aromatic carbocycles. The summed E-state index contributed by atoms with van der Waals surface area (Å²) in [6.45, 7) is 19.4. The van der Waals surface area contributed by atoms with Gasteiger partial charge >= 0.3 is 0 Å². The molecule has 1 aromatic heterocycles. The highest BCUT2D eigenvalue weighted by molar-refractivity contribution is 5.71. The third-order valence-corrected chi connectivity index (χ3v) is 5.30. The molecular formula is C26H39N3. The van der Waals surface area contributed by atoms with Crippen molar-refractivity contribution in [2.45, 2.75) is 66.0 Å². The Labute approximate surface area is 178 Å². The lowest BCUT2D eigenvalue weighted by molar-refractivity contribution is 0.381. The largest absolute Gasteiger partial charge is 0.359 e. The van der Waals surface area contributed by atoms with Gasteiger partial charge < -0.3 is 9.80 Å². The highest BCUT2D eigenvalue weighted by Crippen LogP contribution is 2.39. The van der Waals surface area contributed by atoms with Crippen LogP contribution in [0, 0.1) is 0 Å². The number of hydrogen-bond acceptors (Lipinski definition) is 3. The van der Waals surface area contributed by atoms with Gasteiger partial charge in [-0.2, -0.15) is 0 Å². The van der Waals surface area contributed by atoms with Crippen LogP contribution < -0.4 is 4.90 Å². The van der Waals surface area contributed by atoms with Crippen molar-refractivity contribution in [2.24, 2.45) is 0 Å². The molecular weight excluding hydrogens is 354 g/mol. The van der Waals surface area contributed by atoms with Gasteiger partial charge in [0, 0.05) is 36.9 Å². The fourth-order valence-electron chi connectivity index (χ4n) is 3.10. The molecule has 2 aromatic rings. The van der Waals surface area contributed by atoms with Gasteiger partial charge in [-0.3, -0.25) is 4.98 Å². The lowest BCUT2D eigenvalue weighted by Gasteiger charge is -2.34. The second kappa shape index (κ2) is 11.5. The SMILES string of the molecule is C=C.CCC.CCC(C)(C)c1ccc(-c2ccccn2)cc1N1C=CN(C)C1C. The van der Waals surface area contributed by atoms with Crippen LogP contribution in [0.15, 0.2) is 68.2 Å². The Bertz CT molecular complexity index is 765.